The first-order valence-electron chi connectivity index (χ1n) is 9.98. The summed E-state index contributed by atoms with van der Waals surface area (Å²) in [5.41, 5.74) is 1.95. The van der Waals surface area contributed by atoms with Gasteiger partial charge in [0.15, 0.2) is 0 Å². The highest BCUT2D eigenvalue weighted by Crippen LogP contribution is 2.46. The fraction of sp³-hybridized carbons (Fsp3) is 0.714. The van der Waals surface area contributed by atoms with Gasteiger partial charge in [-0.1, -0.05) is 30.7 Å². The summed E-state index contributed by atoms with van der Waals surface area (Å²) in [6, 6.07) is 8.81. The van der Waals surface area contributed by atoms with Gasteiger partial charge in [0.05, 0.1) is 5.60 Å². The lowest BCUT2D eigenvalue weighted by Crippen LogP contribution is -2.45. The van der Waals surface area contributed by atoms with E-state index in [-0.39, 0.29) is 0 Å². The van der Waals surface area contributed by atoms with Crippen molar-refractivity contribution in [1.82, 2.24) is 9.80 Å². The molecule has 1 aromatic carbocycles. The standard InChI is InChI=1S/C21H32N2O/c24-21(14-19(15-21)17-23-12-4-5-13-23)20-8-6-18(7-9-20)16-22-10-2-1-3-11-22/h6-9,19,24H,1-5,10-17H2. The average molecular weight is 329 g/mol. The van der Waals surface area contributed by atoms with E-state index < -0.39 is 5.60 Å². The van der Waals surface area contributed by atoms with Crippen molar-refractivity contribution in [3.05, 3.63) is 35.4 Å². The number of hydrogen-bond donors (Lipinski definition) is 1. The summed E-state index contributed by atoms with van der Waals surface area (Å²) < 4.78 is 0. The molecule has 3 heteroatoms. The smallest absolute Gasteiger partial charge is 0.0902 e. The van der Waals surface area contributed by atoms with Crippen LogP contribution >= 0.6 is 0 Å². The normalized spacial score (nSPS) is 32.0. The Morgan fingerprint density at radius 1 is 0.833 bits per heavy atom. The van der Waals surface area contributed by atoms with Gasteiger partial charge in [0.25, 0.3) is 0 Å². The van der Waals surface area contributed by atoms with Crippen LogP contribution in [0.3, 0.4) is 0 Å². The van der Waals surface area contributed by atoms with Crippen LogP contribution in [0.4, 0.5) is 0 Å². The lowest BCUT2D eigenvalue weighted by atomic mass is 9.67. The third-order valence-electron chi connectivity index (χ3n) is 6.31. The van der Waals surface area contributed by atoms with Gasteiger partial charge in [0.2, 0.25) is 0 Å². The van der Waals surface area contributed by atoms with Gasteiger partial charge in [-0.15, -0.1) is 0 Å². The van der Waals surface area contributed by atoms with E-state index in [2.05, 4.69) is 34.1 Å². The highest BCUT2D eigenvalue weighted by molar-refractivity contribution is 5.29. The Balaban J connectivity index is 1.30. The maximum absolute atomic E-state index is 10.9. The van der Waals surface area contributed by atoms with Crippen LogP contribution < -0.4 is 0 Å². The molecule has 132 valence electrons. The maximum atomic E-state index is 10.9. The number of hydrogen-bond acceptors (Lipinski definition) is 3. The molecule has 1 aromatic rings. The van der Waals surface area contributed by atoms with E-state index >= 15 is 0 Å². The molecule has 0 bridgehead atoms. The molecule has 1 N–H and O–H groups in total. The van der Waals surface area contributed by atoms with Crippen molar-refractivity contribution >= 4 is 0 Å². The molecule has 3 nitrogen and oxygen atoms in total. The Morgan fingerprint density at radius 2 is 1.42 bits per heavy atom. The Bertz CT molecular complexity index is 523. The first-order chi connectivity index (χ1) is 11.7. The van der Waals surface area contributed by atoms with Crippen LogP contribution in [0.1, 0.15) is 56.1 Å². The molecular weight excluding hydrogens is 296 g/mol. The van der Waals surface area contributed by atoms with E-state index in [1.807, 2.05) is 0 Å². The molecule has 3 aliphatic rings. The first kappa shape index (κ1) is 16.6. The monoisotopic (exact) mass is 328 g/mol. The molecular formula is C21H32N2O. The molecule has 1 aliphatic carbocycles. The third-order valence-corrected chi connectivity index (χ3v) is 6.31. The second kappa shape index (κ2) is 7.15. The van der Waals surface area contributed by atoms with Crippen LogP contribution in [0.25, 0.3) is 0 Å². The van der Waals surface area contributed by atoms with Crippen molar-refractivity contribution in [1.29, 1.82) is 0 Å². The highest BCUT2D eigenvalue weighted by Gasteiger charge is 2.44. The summed E-state index contributed by atoms with van der Waals surface area (Å²) in [5.74, 6) is 0.682. The van der Waals surface area contributed by atoms with Gasteiger partial charge in [-0.25, -0.2) is 0 Å². The predicted molar refractivity (Wildman–Crippen MR) is 97.9 cm³/mol. The summed E-state index contributed by atoms with van der Waals surface area (Å²) in [7, 11) is 0. The summed E-state index contributed by atoms with van der Waals surface area (Å²) in [6.45, 7) is 7.26. The van der Waals surface area contributed by atoms with Crippen molar-refractivity contribution in [2.24, 2.45) is 5.92 Å². The first-order valence-corrected chi connectivity index (χ1v) is 9.98. The molecule has 2 heterocycles. The minimum atomic E-state index is -0.561. The van der Waals surface area contributed by atoms with Crippen LogP contribution in [-0.2, 0) is 12.1 Å². The molecule has 1 saturated carbocycles. The molecule has 24 heavy (non-hydrogen) atoms. The fourth-order valence-electron chi connectivity index (χ4n) is 4.89. The SMILES string of the molecule is OC1(c2ccc(CN3CCCCC3)cc2)CC(CN2CCCC2)C1. The van der Waals surface area contributed by atoms with Gasteiger partial charge >= 0.3 is 0 Å². The zero-order valence-electron chi connectivity index (χ0n) is 14.9. The van der Waals surface area contributed by atoms with Crippen molar-refractivity contribution in [2.45, 2.75) is 57.1 Å². The number of rotatable bonds is 5. The maximum Gasteiger partial charge on any atom is 0.0902 e. The Labute approximate surface area is 146 Å². The van der Waals surface area contributed by atoms with Crippen LogP contribution in [0.5, 0.6) is 0 Å². The predicted octanol–water partition coefficient (Wildman–Crippen LogP) is 3.37. The average Bonchev–Trinajstić information content (AvgIpc) is 3.08. The lowest BCUT2D eigenvalue weighted by molar-refractivity contribution is -0.0863. The van der Waals surface area contributed by atoms with Crippen molar-refractivity contribution in [3.8, 4) is 0 Å². The van der Waals surface area contributed by atoms with Crippen LogP contribution in [0, 0.1) is 5.92 Å². The molecule has 0 unspecified atom stereocenters. The van der Waals surface area contributed by atoms with Crippen LogP contribution in [0.2, 0.25) is 0 Å². The Morgan fingerprint density at radius 3 is 2.08 bits per heavy atom. The van der Waals surface area contributed by atoms with E-state index in [1.54, 1.807) is 0 Å². The van der Waals surface area contributed by atoms with E-state index in [1.165, 1.54) is 70.4 Å². The number of nitrogens with zero attached hydrogens (tertiary/aromatic N) is 2. The molecule has 0 spiro atoms. The molecule has 0 aromatic heterocycles. The fourth-order valence-corrected chi connectivity index (χ4v) is 4.89. The number of benzene rings is 1. The van der Waals surface area contributed by atoms with Crippen molar-refractivity contribution < 1.29 is 5.11 Å². The summed E-state index contributed by atoms with van der Waals surface area (Å²) in [6.07, 6.45) is 8.67. The largest absolute Gasteiger partial charge is 0.385 e. The summed E-state index contributed by atoms with van der Waals surface area (Å²) >= 11 is 0. The lowest BCUT2D eigenvalue weighted by Gasteiger charge is -2.45. The Hall–Kier alpha value is -0.900. The van der Waals surface area contributed by atoms with E-state index in [4.69, 9.17) is 0 Å². The molecule has 4 rings (SSSR count). The molecule has 3 fully saturated rings. The zero-order chi connectivity index (χ0) is 16.4. The summed E-state index contributed by atoms with van der Waals surface area (Å²) in [4.78, 5) is 5.13. The summed E-state index contributed by atoms with van der Waals surface area (Å²) in [5, 5.41) is 10.9. The van der Waals surface area contributed by atoms with Gasteiger partial charge in [-0.3, -0.25) is 4.90 Å². The third kappa shape index (κ3) is 3.68. The van der Waals surface area contributed by atoms with E-state index in [0.717, 1.165) is 24.9 Å². The van der Waals surface area contributed by atoms with Gasteiger partial charge < -0.3 is 10.0 Å². The topological polar surface area (TPSA) is 26.7 Å². The van der Waals surface area contributed by atoms with E-state index in [0.29, 0.717) is 5.92 Å². The second-order valence-electron chi connectivity index (χ2n) is 8.35. The molecule has 2 saturated heterocycles. The minimum Gasteiger partial charge on any atom is -0.385 e. The van der Waals surface area contributed by atoms with Crippen molar-refractivity contribution in [2.75, 3.05) is 32.7 Å². The van der Waals surface area contributed by atoms with Gasteiger partial charge in [-0.05, 0) is 81.7 Å². The van der Waals surface area contributed by atoms with Crippen LogP contribution in [-0.4, -0.2) is 47.6 Å². The molecule has 0 amide bonds. The minimum absolute atomic E-state index is 0.561. The van der Waals surface area contributed by atoms with E-state index in [9.17, 15) is 5.11 Å². The Kier molecular flexibility index (Phi) is 4.93. The molecule has 2 aliphatic heterocycles. The quantitative estimate of drug-likeness (QED) is 0.898. The van der Waals surface area contributed by atoms with Gasteiger partial charge in [-0.2, -0.15) is 0 Å². The van der Waals surface area contributed by atoms with Crippen LogP contribution in [0.15, 0.2) is 24.3 Å². The van der Waals surface area contributed by atoms with Gasteiger partial charge in [0.1, 0.15) is 0 Å². The molecule has 0 radical (unpaired) electrons. The number of likely N-dealkylation sites (tertiary alicyclic amines) is 2. The van der Waals surface area contributed by atoms with Crippen molar-refractivity contribution in [3.63, 3.8) is 0 Å². The number of aliphatic hydroxyl groups is 1. The molecule has 0 atom stereocenters. The zero-order valence-corrected chi connectivity index (χ0v) is 14.9. The highest BCUT2D eigenvalue weighted by atomic mass is 16.3. The number of piperidine rings is 1. The van der Waals surface area contributed by atoms with Gasteiger partial charge in [0, 0.05) is 13.1 Å². The second-order valence-corrected chi connectivity index (χ2v) is 8.35.